The van der Waals surface area contributed by atoms with Crippen LogP contribution in [0.4, 0.5) is 0 Å². The Kier molecular flexibility index (Phi) is 39.9. The van der Waals surface area contributed by atoms with Crippen LogP contribution in [0.25, 0.3) is 0 Å². The summed E-state index contributed by atoms with van der Waals surface area (Å²) in [5.74, 6) is -2.17. The first-order valence-electron chi connectivity index (χ1n) is 15.7. The smallest absolute Gasteiger partial charge is 0.333 e. The van der Waals surface area contributed by atoms with E-state index >= 15 is 0 Å². The molecule has 0 bridgehead atoms. The number of nitrogens with one attached hydrogen (secondary N) is 2. The zero-order valence-corrected chi connectivity index (χ0v) is 31.0. The molecule has 0 aliphatic carbocycles. The normalized spacial score (nSPS) is 9.96. The second-order valence-corrected chi connectivity index (χ2v) is 11.4. The van der Waals surface area contributed by atoms with Crippen LogP contribution >= 0.6 is 0 Å². The number of carboxylic acid groups (broad SMARTS) is 1. The number of carbonyl (C=O) groups excluding carboxylic acids is 4. The molecule has 48 heavy (non-hydrogen) atoms. The van der Waals surface area contributed by atoms with E-state index in [1.165, 1.54) is 59.1 Å². The van der Waals surface area contributed by atoms with Gasteiger partial charge in [-0.2, -0.15) is 0 Å². The molecule has 1 amide bonds. The third-order valence-corrected chi connectivity index (χ3v) is 4.89. The van der Waals surface area contributed by atoms with Gasteiger partial charge in [-0.1, -0.05) is 71.9 Å². The monoisotopic (exact) mass is 684 g/mol. The lowest BCUT2D eigenvalue weighted by Gasteiger charge is -2.20. The number of ether oxygens (including phenoxy) is 3. The minimum absolute atomic E-state index is 0.0326. The maximum absolute atomic E-state index is 10.9. The molecular weight excluding hydrogens is 620 g/mol. The standard InChI is InChI=1S/C11H21NO.C10H19NO2.C6H10O3.C5H8O2.C4H6O2/c1-3-5-6-7-8-9-10-12-11(13)4-2;1-8(2)9(12)13-7-6-11-10(3,4)5;1-3-6(8)9-4-5(2)7;1-4(2)5(6)7-3;1-3(2)4(5)6/h4H,2-3,5-10H2,1H3,(H,12,13);11H,1,6-7H2,2-5H3;3,5,7H,1,4H2,2H3;1H2,2-3H3;1H2,2H3,(H,5,6). The van der Waals surface area contributed by atoms with Gasteiger partial charge in [0.05, 0.1) is 13.2 Å². The Morgan fingerprint density at radius 3 is 1.60 bits per heavy atom. The first kappa shape index (κ1) is 53.5. The van der Waals surface area contributed by atoms with Crippen molar-refractivity contribution in [2.75, 3.05) is 33.4 Å². The van der Waals surface area contributed by atoms with E-state index in [-0.39, 0.29) is 35.6 Å². The number of aliphatic carboxylic acids is 1. The zero-order chi connectivity index (χ0) is 38.7. The number of carboxylic acids is 1. The van der Waals surface area contributed by atoms with Crippen molar-refractivity contribution >= 4 is 29.8 Å². The Hall–Kier alpha value is -4.03. The molecule has 0 spiro atoms. The minimum atomic E-state index is -0.935. The van der Waals surface area contributed by atoms with Crippen LogP contribution in [0, 0.1) is 0 Å². The van der Waals surface area contributed by atoms with Crippen molar-refractivity contribution in [1.29, 1.82) is 0 Å². The fourth-order valence-corrected chi connectivity index (χ4v) is 2.32. The maximum Gasteiger partial charge on any atom is 0.333 e. The highest BCUT2D eigenvalue weighted by Crippen LogP contribution is 2.04. The minimum Gasteiger partial charge on any atom is -0.478 e. The summed E-state index contributed by atoms with van der Waals surface area (Å²) < 4.78 is 13.6. The molecule has 1 unspecified atom stereocenters. The summed E-state index contributed by atoms with van der Waals surface area (Å²) in [5.41, 5.74) is 1.11. The number of amides is 1. The summed E-state index contributed by atoms with van der Waals surface area (Å²) in [6.45, 7) is 33.1. The molecule has 0 aromatic rings. The SMILES string of the molecule is C=C(C)C(=O)O.C=C(C)C(=O)OC.C=C(C)C(=O)OCCNC(C)(C)C.C=CC(=O)NCCCCCCCC.C=CC(=O)OCC(C)O. The highest BCUT2D eigenvalue weighted by molar-refractivity contribution is 5.87. The summed E-state index contributed by atoms with van der Waals surface area (Å²) in [4.78, 5) is 51.7. The van der Waals surface area contributed by atoms with Crippen LogP contribution in [0.15, 0.2) is 61.8 Å². The molecular formula is C36H64N2O10. The second-order valence-electron chi connectivity index (χ2n) is 11.4. The van der Waals surface area contributed by atoms with Gasteiger partial charge in [0.25, 0.3) is 0 Å². The average Bonchev–Trinajstić information content (AvgIpc) is 3.01. The molecule has 0 heterocycles. The van der Waals surface area contributed by atoms with E-state index in [2.05, 4.69) is 80.7 Å². The van der Waals surface area contributed by atoms with Gasteiger partial charge in [-0.05, 0) is 61.0 Å². The van der Waals surface area contributed by atoms with Gasteiger partial charge in [0.15, 0.2) is 0 Å². The number of hydrogen-bond donors (Lipinski definition) is 4. The molecule has 12 heteroatoms. The average molecular weight is 685 g/mol. The Labute approximate surface area is 289 Å². The third-order valence-electron chi connectivity index (χ3n) is 4.89. The predicted octanol–water partition coefficient (Wildman–Crippen LogP) is 5.62. The number of aliphatic hydroxyl groups is 1. The molecule has 0 saturated carbocycles. The van der Waals surface area contributed by atoms with Gasteiger partial charge in [-0.25, -0.2) is 19.2 Å². The van der Waals surface area contributed by atoms with Gasteiger partial charge in [0, 0.05) is 41.4 Å². The van der Waals surface area contributed by atoms with E-state index in [1.54, 1.807) is 13.8 Å². The highest BCUT2D eigenvalue weighted by atomic mass is 16.5. The Morgan fingerprint density at radius 1 is 0.792 bits per heavy atom. The van der Waals surface area contributed by atoms with Crippen LogP contribution < -0.4 is 10.6 Å². The number of aliphatic hydroxyl groups excluding tert-OH is 1. The number of methoxy groups -OCH3 is 1. The fourth-order valence-electron chi connectivity index (χ4n) is 2.32. The summed E-state index contributed by atoms with van der Waals surface area (Å²) in [5, 5.41) is 22.5. The van der Waals surface area contributed by atoms with Crippen molar-refractivity contribution in [2.24, 2.45) is 0 Å². The van der Waals surface area contributed by atoms with E-state index in [0.29, 0.717) is 24.3 Å². The van der Waals surface area contributed by atoms with Crippen LogP contribution in [0.3, 0.4) is 0 Å². The first-order valence-corrected chi connectivity index (χ1v) is 15.7. The topological polar surface area (TPSA) is 178 Å². The highest BCUT2D eigenvalue weighted by Gasteiger charge is 2.08. The van der Waals surface area contributed by atoms with Crippen LogP contribution in [0.1, 0.15) is 93.9 Å². The quantitative estimate of drug-likeness (QED) is 0.0647. The lowest BCUT2D eigenvalue weighted by Crippen LogP contribution is -2.38. The molecule has 0 radical (unpaired) electrons. The predicted molar refractivity (Wildman–Crippen MR) is 192 cm³/mol. The van der Waals surface area contributed by atoms with Crippen molar-refractivity contribution in [2.45, 2.75) is 106 Å². The summed E-state index contributed by atoms with van der Waals surface area (Å²) in [7, 11) is 1.33. The Bertz CT molecular complexity index is 968. The molecule has 0 aliphatic heterocycles. The van der Waals surface area contributed by atoms with Gasteiger partial charge in [0.1, 0.15) is 13.2 Å². The van der Waals surface area contributed by atoms with Crippen molar-refractivity contribution in [3.8, 4) is 0 Å². The van der Waals surface area contributed by atoms with Gasteiger partial charge in [0.2, 0.25) is 5.91 Å². The van der Waals surface area contributed by atoms with Crippen LogP contribution in [0.2, 0.25) is 0 Å². The van der Waals surface area contributed by atoms with Crippen LogP contribution in [-0.2, 0) is 38.2 Å². The summed E-state index contributed by atoms with van der Waals surface area (Å²) >= 11 is 0. The van der Waals surface area contributed by atoms with Crippen molar-refractivity contribution < 1.29 is 48.4 Å². The molecule has 0 rings (SSSR count). The molecule has 278 valence electrons. The van der Waals surface area contributed by atoms with Gasteiger partial charge in [-0.15, -0.1) is 0 Å². The molecule has 4 N–H and O–H groups in total. The van der Waals surface area contributed by atoms with Gasteiger partial charge >= 0.3 is 23.9 Å². The lowest BCUT2D eigenvalue weighted by atomic mass is 10.1. The van der Waals surface area contributed by atoms with Gasteiger partial charge in [-0.3, -0.25) is 4.79 Å². The van der Waals surface area contributed by atoms with Crippen LogP contribution in [-0.4, -0.2) is 85.1 Å². The summed E-state index contributed by atoms with van der Waals surface area (Å²) in [6, 6.07) is 0. The third kappa shape index (κ3) is 54.4. The van der Waals surface area contributed by atoms with E-state index in [1.807, 2.05) is 0 Å². The Balaban J connectivity index is -0.000000166. The van der Waals surface area contributed by atoms with Crippen molar-refractivity contribution in [3.63, 3.8) is 0 Å². The lowest BCUT2D eigenvalue weighted by molar-refractivity contribution is -0.140. The molecule has 0 saturated heterocycles. The number of esters is 3. The number of unbranched alkanes of at least 4 members (excludes halogenated alkanes) is 5. The van der Waals surface area contributed by atoms with E-state index < -0.39 is 18.0 Å². The van der Waals surface area contributed by atoms with Crippen molar-refractivity contribution in [1.82, 2.24) is 10.6 Å². The number of rotatable bonds is 17. The second kappa shape index (κ2) is 35.8. The Morgan fingerprint density at radius 2 is 1.27 bits per heavy atom. The van der Waals surface area contributed by atoms with E-state index in [0.717, 1.165) is 19.0 Å². The van der Waals surface area contributed by atoms with E-state index in [4.69, 9.17) is 14.9 Å². The maximum atomic E-state index is 10.9. The molecule has 0 aromatic carbocycles. The van der Waals surface area contributed by atoms with E-state index in [9.17, 15) is 24.0 Å². The molecule has 0 aromatic heterocycles. The molecule has 0 fully saturated rings. The number of hydrogen-bond acceptors (Lipinski definition) is 10. The number of carbonyl (C=O) groups is 5. The van der Waals surface area contributed by atoms with Crippen molar-refractivity contribution in [3.05, 3.63) is 61.8 Å². The zero-order valence-electron chi connectivity index (χ0n) is 31.0. The van der Waals surface area contributed by atoms with Gasteiger partial charge < -0.3 is 35.1 Å². The van der Waals surface area contributed by atoms with Crippen LogP contribution in [0.5, 0.6) is 0 Å². The first-order chi connectivity index (χ1) is 22.1. The molecule has 0 aliphatic rings. The fraction of sp³-hybridized carbons (Fsp3) is 0.583. The molecule has 12 nitrogen and oxygen atoms in total. The summed E-state index contributed by atoms with van der Waals surface area (Å²) in [6.07, 6.45) is 9.31. The molecule has 1 atom stereocenters. The largest absolute Gasteiger partial charge is 0.478 e.